The smallest absolute Gasteiger partial charge is 0.0478 e. The molecule has 0 spiro atoms. The minimum Gasteiger partial charge on any atom is -0.381 e. The van der Waals surface area contributed by atoms with Gasteiger partial charge in [0.25, 0.3) is 0 Å². The molecule has 2 nitrogen and oxygen atoms in total. The van der Waals surface area contributed by atoms with E-state index >= 15 is 0 Å². The molecular weight excluding hydrogens is 222 g/mol. The molecule has 1 aliphatic rings. The number of rotatable bonds is 9. The molecule has 1 aromatic rings. The molecule has 1 fully saturated rings. The van der Waals surface area contributed by atoms with E-state index < -0.39 is 0 Å². The quantitative estimate of drug-likeness (QED) is 0.675. The van der Waals surface area contributed by atoms with Gasteiger partial charge in [0.05, 0.1) is 0 Å². The van der Waals surface area contributed by atoms with E-state index in [9.17, 15) is 0 Å². The summed E-state index contributed by atoms with van der Waals surface area (Å²) in [5.74, 6) is 0.854. The standard InChI is InChI=1S/C16H25NO/c1-2-10-18-11-4-9-17-13-14-5-3-6-16(12-14)15-7-8-15/h3,5-6,12,15,17H,2,4,7-11,13H2,1H3. The lowest BCUT2D eigenvalue weighted by Gasteiger charge is -2.07. The Labute approximate surface area is 111 Å². The summed E-state index contributed by atoms with van der Waals surface area (Å²) >= 11 is 0. The lowest BCUT2D eigenvalue weighted by Crippen LogP contribution is -2.16. The predicted octanol–water partition coefficient (Wildman–Crippen LogP) is 3.47. The van der Waals surface area contributed by atoms with Gasteiger partial charge < -0.3 is 10.1 Å². The topological polar surface area (TPSA) is 21.3 Å². The summed E-state index contributed by atoms with van der Waals surface area (Å²) in [4.78, 5) is 0. The van der Waals surface area contributed by atoms with E-state index in [1.807, 2.05) is 0 Å². The Morgan fingerprint density at radius 2 is 2.17 bits per heavy atom. The third kappa shape index (κ3) is 4.79. The molecule has 2 rings (SSSR count). The fourth-order valence-corrected chi connectivity index (χ4v) is 2.15. The summed E-state index contributed by atoms with van der Waals surface area (Å²) in [6, 6.07) is 9.03. The van der Waals surface area contributed by atoms with Crippen LogP contribution in [0.3, 0.4) is 0 Å². The molecule has 0 saturated heterocycles. The molecule has 0 unspecified atom stereocenters. The number of nitrogens with one attached hydrogen (secondary N) is 1. The van der Waals surface area contributed by atoms with E-state index in [2.05, 4.69) is 36.5 Å². The van der Waals surface area contributed by atoms with Crippen LogP contribution in [0.2, 0.25) is 0 Å². The van der Waals surface area contributed by atoms with Crippen LogP contribution in [-0.4, -0.2) is 19.8 Å². The molecule has 1 saturated carbocycles. The van der Waals surface area contributed by atoms with Crippen molar-refractivity contribution in [3.8, 4) is 0 Å². The summed E-state index contributed by atoms with van der Waals surface area (Å²) in [7, 11) is 0. The number of ether oxygens (including phenoxy) is 1. The second kappa shape index (κ2) is 7.55. The van der Waals surface area contributed by atoms with Crippen molar-refractivity contribution in [2.75, 3.05) is 19.8 Å². The van der Waals surface area contributed by atoms with Crippen molar-refractivity contribution in [1.82, 2.24) is 5.32 Å². The van der Waals surface area contributed by atoms with Gasteiger partial charge in [-0.2, -0.15) is 0 Å². The number of benzene rings is 1. The molecular formula is C16H25NO. The van der Waals surface area contributed by atoms with Crippen LogP contribution in [0.4, 0.5) is 0 Å². The highest BCUT2D eigenvalue weighted by Gasteiger charge is 2.23. The zero-order valence-electron chi connectivity index (χ0n) is 11.5. The molecule has 0 radical (unpaired) electrons. The lowest BCUT2D eigenvalue weighted by atomic mass is 10.1. The highest BCUT2D eigenvalue weighted by Crippen LogP contribution is 2.40. The Morgan fingerprint density at radius 3 is 2.94 bits per heavy atom. The van der Waals surface area contributed by atoms with Gasteiger partial charge in [-0.3, -0.25) is 0 Å². The molecule has 0 aromatic heterocycles. The van der Waals surface area contributed by atoms with Crippen LogP contribution in [0.5, 0.6) is 0 Å². The molecule has 1 N–H and O–H groups in total. The van der Waals surface area contributed by atoms with Crippen molar-refractivity contribution in [2.45, 2.75) is 45.1 Å². The minimum absolute atomic E-state index is 0.854. The molecule has 0 atom stereocenters. The monoisotopic (exact) mass is 247 g/mol. The van der Waals surface area contributed by atoms with Gasteiger partial charge in [-0.25, -0.2) is 0 Å². The van der Waals surface area contributed by atoms with Crippen molar-refractivity contribution in [2.24, 2.45) is 0 Å². The maximum Gasteiger partial charge on any atom is 0.0478 e. The van der Waals surface area contributed by atoms with Gasteiger partial charge in [0.1, 0.15) is 0 Å². The van der Waals surface area contributed by atoms with Gasteiger partial charge in [-0.15, -0.1) is 0 Å². The van der Waals surface area contributed by atoms with Crippen molar-refractivity contribution in [3.05, 3.63) is 35.4 Å². The average molecular weight is 247 g/mol. The highest BCUT2D eigenvalue weighted by molar-refractivity contribution is 5.28. The Bertz CT molecular complexity index is 347. The predicted molar refractivity (Wildman–Crippen MR) is 75.9 cm³/mol. The molecule has 18 heavy (non-hydrogen) atoms. The van der Waals surface area contributed by atoms with Gasteiger partial charge >= 0.3 is 0 Å². The minimum atomic E-state index is 0.854. The van der Waals surface area contributed by atoms with E-state index in [0.717, 1.165) is 45.1 Å². The summed E-state index contributed by atoms with van der Waals surface area (Å²) in [6.45, 7) is 5.93. The van der Waals surface area contributed by atoms with Gasteiger partial charge in [-0.05, 0) is 49.3 Å². The fourth-order valence-electron chi connectivity index (χ4n) is 2.15. The number of hydrogen-bond donors (Lipinski definition) is 1. The summed E-state index contributed by atoms with van der Waals surface area (Å²) in [5, 5.41) is 3.49. The molecule has 0 amide bonds. The van der Waals surface area contributed by atoms with E-state index in [4.69, 9.17) is 4.74 Å². The van der Waals surface area contributed by atoms with Crippen LogP contribution in [0.1, 0.15) is 49.7 Å². The van der Waals surface area contributed by atoms with Crippen molar-refractivity contribution in [1.29, 1.82) is 0 Å². The molecule has 1 aliphatic carbocycles. The van der Waals surface area contributed by atoms with Crippen LogP contribution in [0.15, 0.2) is 24.3 Å². The van der Waals surface area contributed by atoms with E-state index in [1.165, 1.54) is 24.0 Å². The van der Waals surface area contributed by atoms with Crippen molar-refractivity contribution in [3.63, 3.8) is 0 Å². The van der Waals surface area contributed by atoms with Crippen molar-refractivity contribution >= 4 is 0 Å². The molecule has 1 aromatic carbocycles. The summed E-state index contributed by atoms with van der Waals surface area (Å²) < 4.78 is 5.45. The largest absolute Gasteiger partial charge is 0.381 e. The molecule has 0 heterocycles. The van der Waals surface area contributed by atoms with E-state index in [-0.39, 0.29) is 0 Å². The average Bonchev–Trinajstić information content (AvgIpc) is 3.22. The van der Waals surface area contributed by atoms with Crippen LogP contribution in [0.25, 0.3) is 0 Å². The molecule has 2 heteroatoms. The van der Waals surface area contributed by atoms with Crippen LogP contribution >= 0.6 is 0 Å². The summed E-state index contributed by atoms with van der Waals surface area (Å²) in [5.41, 5.74) is 2.94. The van der Waals surface area contributed by atoms with E-state index in [0.29, 0.717) is 0 Å². The van der Waals surface area contributed by atoms with Crippen LogP contribution in [-0.2, 0) is 11.3 Å². The maximum absolute atomic E-state index is 5.45. The third-order valence-corrected chi connectivity index (χ3v) is 3.32. The third-order valence-electron chi connectivity index (χ3n) is 3.32. The van der Waals surface area contributed by atoms with E-state index in [1.54, 1.807) is 0 Å². The second-order valence-corrected chi connectivity index (χ2v) is 5.16. The maximum atomic E-state index is 5.45. The van der Waals surface area contributed by atoms with Crippen LogP contribution < -0.4 is 5.32 Å². The Balaban J connectivity index is 1.59. The lowest BCUT2D eigenvalue weighted by molar-refractivity contribution is 0.132. The zero-order valence-corrected chi connectivity index (χ0v) is 11.5. The first-order valence-electron chi connectivity index (χ1n) is 7.27. The van der Waals surface area contributed by atoms with Gasteiger partial charge in [0.2, 0.25) is 0 Å². The second-order valence-electron chi connectivity index (χ2n) is 5.16. The van der Waals surface area contributed by atoms with Gasteiger partial charge in [-0.1, -0.05) is 31.2 Å². The SMILES string of the molecule is CCCOCCCNCc1cccc(C2CC2)c1. The van der Waals surface area contributed by atoms with Gasteiger partial charge in [0.15, 0.2) is 0 Å². The van der Waals surface area contributed by atoms with Gasteiger partial charge in [0, 0.05) is 19.8 Å². The zero-order chi connectivity index (χ0) is 12.6. The number of hydrogen-bond acceptors (Lipinski definition) is 2. The fraction of sp³-hybridized carbons (Fsp3) is 0.625. The first-order valence-corrected chi connectivity index (χ1v) is 7.27. The Kier molecular flexibility index (Phi) is 5.69. The van der Waals surface area contributed by atoms with Crippen LogP contribution in [0, 0.1) is 0 Å². The first-order chi connectivity index (χ1) is 8.90. The Hall–Kier alpha value is -0.860. The Morgan fingerprint density at radius 1 is 1.28 bits per heavy atom. The molecule has 0 aliphatic heterocycles. The van der Waals surface area contributed by atoms with Crippen molar-refractivity contribution < 1.29 is 4.74 Å². The first kappa shape index (κ1) is 13.6. The molecule has 0 bridgehead atoms. The normalized spacial score (nSPS) is 14.9. The molecule has 100 valence electrons. The summed E-state index contributed by atoms with van der Waals surface area (Å²) in [6.07, 6.45) is 4.97. The highest BCUT2D eigenvalue weighted by atomic mass is 16.5.